The summed E-state index contributed by atoms with van der Waals surface area (Å²) in [6.07, 6.45) is 0. The van der Waals surface area contributed by atoms with Crippen LogP contribution in [-0.2, 0) is 0 Å². The van der Waals surface area contributed by atoms with Crippen LogP contribution in [0.5, 0.6) is 5.75 Å². The van der Waals surface area contributed by atoms with E-state index in [1.807, 2.05) is 38.1 Å². The van der Waals surface area contributed by atoms with Crippen molar-refractivity contribution in [2.75, 3.05) is 7.11 Å². The van der Waals surface area contributed by atoms with Gasteiger partial charge in [0.1, 0.15) is 5.75 Å². The van der Waals surface area contributed by atoms with Gasteiger partial charge in [0.2, 0.25) is 11.7 Å². The predicted octanol–water partition coefficient (Wildman–Crippen LogP) is 2.20. The molecule has 0 aliphatic heterocycles. The summed E-state index contributed by atoms with van der Waals surface area (Å²) < 4.78 is 10.3. The predicted molar refractivity (Wildman–Crippen MR) is 68.4 cm³/mol. The number of rotatable bonds is 4. The van der Waals surface area contributed by atoms with Crippen molar-refractivity contribution in [2.45, 2.75) is 25.8 Å². The summed E-state index contributed by atoms with van der Waals surface area (Å²) in [5.74, 6) is 1.98. The molecule has 0 radical (unpaired) electrons. The number of aromatic nitrogens is 2. The van der Waals surface area contributed by atoms with Crippen molar-refractivity contribution in [2.24, 2.45) is 5.73 Å². The summed E-state index contributed by atoms with van der Waals surface area (Å²) in [5.41, 5.74) is 6.70. The van der Waals surface area contributed by atoms with Crippen molar-refractivity contribution in [1.82, 2.24) is 10.1 Å². The maximum atomic E-state index is 5.81. The second kappa shape index (κ2) is 5.18. The van der Waals surface area contributed by atoms with Crippen LogP contribution in [-0.4, -0.2) is 23.3 Å². The van der Waals surface area contributed by atoms with Crippen LogP contribution in [0.1, 0.15) is 25.7 Å². The molecule has 2 rings (SSSR count). The van der Waals surface area contributed by atoms with Gasteiger partial charge in [0, 0.05) is 11.6 Å². The normalized spacial score (nSPS) is 14.2. The molecule has 0 saturated carbocycles. The zero-order valence-electron chi connectivity index (χ0n) is 10.8. The number of nitrogens with zero attached hydrogens (tertiary/aromatic N) is 2. The van der Waals surface area contributed by atoms with E-state index < -0.39 is 0 Å². The summed E-state index contributed by atoms with van der Waals surface area (Å²) >= 11 is 0. The summed E-state index contributed by atoms with van der Waals surface area (Å²) in [6, 6.07) is 7.49. The van der Waals surface area contributed by atoms with Crippen LogP contribution in [0.3, 0.4) is 0 Å². The first-order chi connectivity index (χ1) is 8.61. The molecule has 0 amide bonds. The highest BCUT2D eigenvalue weighted by atomic mass is 16.5. The molecule has 2 atom stereocenters. The van der Waals surface area contributed by atoms with E-state index in [1.165, 1.54) is 0 Å². The van der Waals surface area contributed by atoms with Crippen molar-refractivity contribution in [3.8, 4) is 17.1 Å². The Morgan fingerprint density at radius 3 is 2.44 bits per heavy atom. The molecule has 1 aromatic heterocycles. The van der Waals surface area contributed by atoms with Gasteiger partial charge in [-0.1, -0.05) is 12.1 Å². The standard InChI is InChI=1S/C13H17N3O2/c1-8(9(2)14)13-15-12(16-18-13)10-4-6-11(17-3)7-5-10/h4-9H,14H2,1-3H3. The molecular weight excluding hydrogens is 230 g/mol. The molecule has 0 fully saturated rings. The number of methoxy groups -OCH3 is 1. The average molecular weight is 247 g/mol. The smallest absolute Gasteiger partial charge is 0.231 e. The van der Waals surface area contributed by atoms with Crippen molar-refractivity contribution < 1.29 is 9.26 Å². The molecule has 2 unspecified atom stereocenters. The van der Waals surface area contributed by atoms with Crippen molar-refractivity contribution in [3.63, 3.8) is 0 Å². The minimum Gasteiger partial charge on any atom is -0.497 e. The molecule has 0 bridgehead atoms. The largest absolute Gasteiger partial charge is 0.497 e. The first kappa shape index (κ1) is 12.6. The maximum Gasteiger partial charge on any atom is 0.231 e. The molecule has 5 nitrogen and oxygen atoms in total. The lowest BCUT2D eigenvalue weighted by Gasteiger charge is -2.09. The van der Waals surface area contributed by atoms with Crippen molar-refractivity contribution in [1.29, 1.82) is 0 Å². The molecule has 0 saturated heterocycles. The van der Waals surface area contributed by atoms with Gasteiger partial charge in [0.15, 0.2) is 0 Å². The second-order valence-electron chi connectivity index (χ2n) is 4.33. The zero-order chi connectivity index (χ0) is 13.1. The number of nitrogens with two attached hydrogens (primary N) is 1. The molecule has 18 heavy (non-hydrogen) atoms. The fourth-order valence-electron chi connectivity index (χ4n) is 1.50. The van der Waals surface area contributed by atoms with Gasteiger partial charge in [-0.05, 0) is 31.2 Å². The van der Waals surface area contributed by atoms with Gasteiger partial charge >= 0.3 is 0 Å². The average Bonchev–Trinajstić information content (AvgIpc) is 2.87. The Hall–Kier alpha value is -1.88. The lowest BCUT2D eigenvalue weighted by Crippen LogP contribution is -2.22. The van der Waals surface area contributed by atoms with Gasteiger partial charge in [-0.2, -0.15) is 4.98 Å². The van der Waals surface area contributed by atoms with Crippen LogP contribution < -0.4 is 10.5 Å². The summed E-state index contributed by atoms with van der Waals surface area (Å²) in [6.45, 7) is 3.89. The fraction of sp³-hybridized carbons (Fsp3) is 0.385. The molecule has 5 heteroatoms. The highest BCUT2D eigenvalue weighted by Crippen LogP contribution is 2.22. The highest BCUT2D eigenvalue weighted by molar-refractivity contribution is 5.55. The minimum absolute atomic E-state index is 0.0193. The summed E-state index contributed by atoms with van der Waals surface area (Å²) in [7, 11) is 1.63. The first-order valence-corrected chi connectivity index (χ1v) is 5.85. The van der Waals surface area contributed by atoms with Crippen LogP contribution in [0.2, 0.25) is 0 Å². The van der Waals surface area contributed by atoms with E-state index in [-0.39, 0.29) is 12.0 Å². The summed E-state index contributed by atoms with van der Waals surface area (Å²) in [5, 5.41) is 3.96. The van der Waals surface area contributed by atoms with Gasteiger partial charge < -0.3 is 15.0 Å². The topological polar surface area (TPSA) is 74.2 Å². The van der Waals surface area contributed by atoms with E-state index >= 15 is 0 Å². The van der Waals surface area contributed by atoms with E-state index in [4.69, 9.17) is 15.0 Å². The lowest BCUT2D eigenvalue weighted by atomic mass is 10.1. The van der Waals surface area contributed by atoms with Gasteiger partial charge in [0.25, 0.3) is 0 Å². The number of benzene rings is 1. The molecule has 1 heterocycles. The second-order valence-corrected chi connectivity index (χ2v) is 4.33. The van der Waals surface area contributed by atoms with Gasteiger partial charge in [-0.25, -0.2) is 0 Å². The maximum absolute atomic E-state index is 5.81. The van der Waals surface area contributed by atoms with Gasteiger partial charge in [0.05, 0.1) is 13.0 Å². The van der Waals surface area contributed by atoms with E-state index in [9.17, 15) is 0 Å². The van der Waals surface area contributed by atoms with E-state index in [2.05, 4.69) is 10.1 Å². The SMILES string of the molecule is COc1ccc(-c2noc(C(C)C(C)N)n2)cc1. The monoisotopic (exact) mass is 247 g/mol. The quantitative estimate of drug-likeness (QED) is 0.896. The molecule has 96 valence electrons. The van der Waals surface area contributed by atoms with Crippen LogP contribution in [0.25, 0.3) is 11.4 Å². The Labute approximate surface area is 106 Å². The van der Waals surface area contributed by atoms with Crippen LogP contribution in [0.15, 0.2) is 28.8 Å². The number of ether oxygens (including phenoxy) is 1. The van der Waals surface area contributed by atoms with Crippen LogP contribution >= 0.6 is 0 Å². The minimum atomic E-state index is -0.0193. The Morgan fingerprint density at radius 1 is 1.22 bits per heavy atom. The molecule has 1 aromatic carbocycles. The Morgan fingerprint density at radius 2 is 1.89 bits per heavy atom. The Kier molecular flexibility index (Phi) is 3.62. The third-order valence-electron chi connectivity index (χ3n) is 2.97. The molecule has 0 aliphatic carbocycles. The van der Waals surface area contributed by atoms with Crippen molar-refractivity contribution in [3.05, 3.63) is 30.2 Å². The molecule has 2 N–H and O–H groups in total. The third kappa shape index (κ3) is 2.51. The fourth-order valence-corrected chi connectivity index (χ4v) is 1.50. The Bertz CT molecular complexity index is 505. The van der Waals surface area contributed by atoms with Gasteiger partial charge in [-0.3, -0.25) is 0 Å². The van der Waals surface area contributed by atoms with Crippen LogP contribution in [0.4, 0.5) is 0 Å². The van der Waals surface area contributed by atoms with E-state index in [0.717, 1.165) is 11.3 Å². The van der Waals surface area contributed by atoms with E-state index in [1.54, 1.807) is 7.11 Å². The Balaban J connectivity index is 2.23. The number of hydrogen-bond donors (Lipinski definition) is 1. The van der Waals surface area contributed by atoms with Gasteiger partial charge in [-0.15, -0.1) is 0 Å². The van der Waals surface area contributed by atoms with Crippen LogP contribution in [0, 0.1) is 0 Å². The molecular formula is C13H17N3O2. The lowest BCUT2D eigenvalue weighted by molar-refractivity contribution is 0.346. The molecule has 0 spiro atoms. The highest BCUT2D eigenvalue weighted by Gasteiger charge is 2.18. The van der Waals surface area contributed by atoms with E-state index in [0.29, 0.717) is 11.7 Å². The number of hydrogen-bond acceptors (Lipinski definition) is 5. The first-order valence-electron chi connectivity index (χ1n) is 5.85. The third-order valence-corrected chi connectivity index (χ3v) is 2.97. The zero-order valence-corrected chi connectivity index (χ0v) is 10.8. The molecule has 0 aliphatic rings. The summed E-state index contributed by atoms with van der Waals surface area (Å²) in [4.78, 5) is 4.36. The molecule has 2 aromatic rings. The van der Waals surface area contributed by atoms with Crippen molar-refractivity contribution >= 4 is 0 Å².